The zero-order valence-electron chi connectivity index (χ0n) is 8.36. The highest BCUT2D eigenvalue weighted by atomic mass is 16.5. The molecule has 1 aliphatic rings. The van der Waals surface area contributed by atoms with Gasteiger partial charge in [0.2, 0.25) is 0 Å². The van der Waals surface area contributed by atoms with Crippen molar-refractivity contribution in [3.63, 3.8) is 0 Å². The maximum atomic E-state index is 6.07. The summed E-state index contributed by atoms with van der Waals surface area (Å²) in [5.41, 5.74) is 13.8. The van der Waals surface area contributed by atoms with Crippen molar-refractivity contribution in [2.24, 2.45) is 11.7 Å². The lowest BCUT2D eigenvalue weighted by Gasteiger charge is -2.14. The molecule has 0 heterocycles. The first kappa shape index (κ1) is 9.34. The van der Waals surface area contributed by atoms with Gasteiger partial charge in [-0.25, -0.2) is 0 Å². The highest BCUT2D eigenvalue weighted by Gasteiger charge is 2.30. The molecule has 76 valence electrons. The summed E-state index contributed by atoms with van der Waals surface area (Å²) in [6.07, 6.45) is 2.46. The third kappa shape index (κ3) is 1.68. The molecule has 0 aliphatic heterocycles. The van der Waals surface area contributed by atoms with Crippen LogP contribution in [0.2, 0.25) is 0 Å². The van der Waals surface area contributed by atoms with E-state index in [4.69, 9.17) is 16.2 Å². The highest BCUT2D eigenvalue weighted by molar-refractivity contribution is 5.53. The Bertz CT molecular complexity index is 334. The van der Waals surface area contributed by atoms with E-state index in [9.17, 15) is 0 Å². The molecule has 1 aromatic carbocycles. The van der Waals surface area contributed by atoms with E-state index in [1.807, 2.05) is 18.2 Å². The quantitative estimate of drug-likeness (QED) is 0.716. The van der Waals surface area contributed by atoms with E-state index < -0.39 is 0 Å². The number of hydrogen-bond donors (Lipinski definition) is 2. The third-order valence-corrected chi connectivity index (χ3v) is 2.78. The maximum Gasteiger partial charge on any atom is 0.120 e. The van der Waals surface area contributed by atoms with Crippen molar-refractivity contribution in [1.29, 1.82) is 0 Å². The van der Waals surface area contributed by atoms with Crippen molar-refractivity contribution in [3.8, 4) is 5.75 Å². The van der Waals surface area contributed by atoms with Crippen molar-refractivity contribution in [2.75, 3.05) is 12.8 Å². The lowest BCUT2D eigenvalue weighted by Crippen LogP contribution is -2.14. The molecule has 0 amide bonds. The first-order valence-electron chi connectivity index (χ1n) is 4.91. The summed E-state index contributed by atoms with van der Waals surface area (Å²) < 4.78 is 5.09. The molecular formula is C11H16N2O. The van der Waals surface area contributed by atoms with Gasteiger partial charge in [0.15, 0.2) is 0 Å². The first-order valence-corrected chi connectivity index (χ1v) is 4.91. The van der Waals surface area contributed by atoms with Crippen molar-refractivity contribution in [3.05, 3.63) is 23.8 Å². The predicted octanol–water partition coefficient (Wildman–Crippen LogP) is 1.69. The van der Waals surface area contributed by atoms with Crippen molar-refractivity contribution >= 4 is 5.69 Å². The Labute approximate surface area is 84.0 Å². The normalized spacial score (nSPS) is 17.9. The van der Waals surface area contributed by atoms with Crippen LogP contribution in [0.3, 0.4) is 0 Å². The second-order valence-corrected chi connectivity index (χ2v) is 3.86. The molecule has 3 heteroatoms. The Balaban J connectivity index is 2.24. The minimum atomic E-state index is 0.0981. The first-order chi connectivity index (χ1) is 6.72. The van der Waals surface area contributed by atoms with E-state index >= 15 is 0 Å². The average Bonchev–Trinajstić information content (AvgIpc) is 3.00. The number of anilines is 1. The smallest absolute Gasteiger partial charge is 0.120 e. The van der Waals surface area contributed by atoms with Gasteiger partial charge >= 0.3 is 0 Å². The third-order valence-electron chi connectivity index (χ3n) is 2.78. The van der Waals surface area contributed by atoms with E-state index in [0.29, 0.717) is 5.92 Å². The summed E-state index contributed by atoms with van der Waals surface area (Å²) in [4.78, 5) is 0. The van der Waals surface area contributed by atoms with Crippen LogP contribution in [0, 0.1) is 5.92 Å². The van der Waals surface area contributed by atoms with Crippen LogP contribution in [0.5, 0.6) is 5.75 Å². The molecule has 0 aromatic heterocycles. The molecule has 1 aliphatic carbocycles. The number of nitrogen functional groups attached to an aromatic ring is 1. The van der Waals surface area contributed by atoms with Gasteiger partial charge in [0.05, 0.1) is 7.11 Å². The summed E-state index contributed by atoms with van der Waals surface area (Å²) in [6.45, 7) is 0. The molecule has 1 atom stereocenters. The van der Waals surface area contributed by atoms with Gasteiger partial charge in [0.25, 0.3) is 0 Å². The van der Waals surface area contributed by atoms with Gasteiger partial charge in [-0.3, -0.25) is 0 Å². The van der Waals surface area contributed by atoms with Crippen molar-refractivity contribution < 1.29 is 4.74 Å². The maximum absolute atomic E-state index is 6.07. The lowest BCUT2D eigenvalue weighted by molar-refractivity contribution is 0.414. The van der Waals surface area contributed by atoms with Crippen LogP contribution in [0.25, 0.3) is 0 Å². The molecule has 0 spiro atoms. The number of rotatable bonds is 3. The molecule has 4 N–H and O–H groups in total. The summed E-state index contributed by atoms with van der Waals surface area (Å²) in [5, 5.41) is 0. The van der Waals surface area contributed by atoms with Gasteiger partial charge in [0.1, 0.15) is 5.75 Å². The summed E-state index contributed by atoms with van der Waals surface area (Å²) in [6, 6.07) is 5.81. The van der Waals surface area contributed by atoms with Crippen molar-refractivity contribution in [2.45, 2.75) is 18.9 Å². The molecule has 1 unspecified atom stereocenters. The van der Waals surface area contributed by atoms with Crippen LogP contribution >= 0.6 is 0 Å². The number of benzene rings is 1. The monoisotopic (exact) mass is 192 g/mol. The van der Waals surface area contributed by atoms with Crippen LogP contribution in [0.1, 0.15) is 24.4 Å². The average molecular weight is 192 g/mol. The fourth-order valence-corrected chi connectivity index (χ4v) is 1.69. The Morgan fingerprint density at radius 2 is 2.14 bits per heavy atom. The van der Waals surface area contributed by atoms with E-state index in [2.05, 4.69) is 0 Å². The fraction of sp³-hybridized carbons (Fsp3) is 0.455. The second-order valence-electron chi connectivity index (χ2n) is 3.86. The molecule has 2 rings (SSSR count). The summed E-state index contributed by atoms with van der Waals surface area (Å²) in [7, 11) is 1.63. The summed E-state index contributed by atoms with van der Waals surface area (Å²) >= 11 is 0. The van der Waals surface area contributed by atoms with Crippen LogP contribution in [0.4, 0.5) is 5.69 Å². The van der Waals surface area contributed by atoms with Gasteiger partial charge in [-0.2, -0.15) is 0 Å². The predicted molar refractivity (Wildman–Crippen MR) is 57.1 cm³/mol. The Kier molecular flexibility index (Phi) is 2.33. The number of ether oxygens (including phenoxy) is 1. The molecule has 0 saturated heterocycles. The molecule has 3 nitrogen and oxygen atoms in total. The van der Waals surface area contributed by atoms with E-state index in [0.717, 1.165) is 17.0 Å². The number of nitrogens with two attached hydrogens (primary N) is 2. The SMILES string of the molecule is COc1ccc(C(N)C2CC2)c(N)c1. The van der Waals surface area contributed by atoms with E-state index in [1.165, 1.54) is 12.8 Å². The van der Waals surface area contributed by atoms with Crippen LogP contribution in [-0.2, 0) is 0 Å². The minimum absolute atomic E-state index is 0.0981. The second kappa shape index (κ2) is 3.50. The molecule has 0 radical (unpaired) electrons. The largest absolute Gasteiger partial charge is 0.497 e. The summed E-state index contributed by atoms with van der Waals surface area (Å²) in [5.74, 6) is 1.42. The van der Waals surface area contributed by atoms with Gasteiger partial charge in [-0.1, -0.05) is 6.07 Å². The Morgan fingerprint density at radius 3 is 2.64 bits per heavy atom. The lowest BCUT2D eigenvalue weighted by atomic mass is 10.0. The van der Waals surface area contributed by atoms with Gasteiger partial charge in [-0.05, 0) is 30.4 Å². The number of methoxy groups -OCH3 is 1. The topological polar surface area (TPSA) is 61.3 Å². The van der Waals surface area contributed by atoms with E-state index in [1.54, 1.807) is 7.11 Å². The molecule has 1 aromatic rings. The molecule has 0 bridgehead atoms. The zero-order chi connectivity index (χ0) is 10.1. The molecule has 1 saturated carbocycles. The van der Waals surface area contributed by atoms with Gasteiger partial charge in [-0.15, -0.1) is 0 Å². The molecule has 1 fully saturated rings. The van der Waals surface area contributed by atoms with Gasteiger partial charge in [0, 0.05) is 17.8 Å². The highest BCUT2D eigenvalue weighted by Crippen LogP contribution is 2.41. The minimum Gasteiger partial charge on any atom is -0.497 e. The fourth-order valence-electron chi connectivity index (χ4n) is 1.69. The Morgan fingerprint density at radius 1 is 1.43 bits per heavy atom. The Hall–Kier alpha value is -1.22. The standard InChI is InChI=1S/C11H16N2O/c1-14-8-4-5-9(10(12)6-8)11(13)7-2-3-7/h4-7,11H,2-3,12-13H2,1H3. The number of hydrogen-bond acceptors (Lipinski definition) is 3. The van der Waals surface area contributed by atoms with Crippen molar-refractivity contribution in [1.82, 2.24) is 0 Å². The van der Waals surface area contributed by atoms with E-state index in [-0.39, 0.29) is 6.04 Å². The van der Waals surface area contributed by atoms with Gasteiger partial charge < -0.3 is 16.2 Å². The van der Waals surface area contributed by atoms with Crippen LogP contribution in [0.15, 0.2) is 18.2 Å². The van der Waals surface area contributed by atoms with Crippen LogP contribution in [-0.4, -0.2) is 7.11 Å². The molecule has 14 heavy (non-hydrogen) atoms. The molecular weight excluding hydrogens is 176 g/mol. The zero-order valence-corrected chi connectivity index (χ0v) is 8.36. The van der Waals surface area contributed by atoms with Crippen LogP contribution < -0.4 is 16.2 Å².